The van der Waals surface area contributed by atoms with Gasteiger partial charge in [-0.3, -0.25) is 4.90 Å². The Morgan fingerprint density at radius 1 is 1.11 bits per heavy atom. The molecule has 3 nitrogen and oxygen atoms in total. The van der Waals surface area contributed by atoms with Crippen LogP contribution >= 0.6 is 0 Å². The highest BCUT2D eigenvalue weighted by atomic mass is 15.4. The number of hydrogen-bond donors (Lipinski definition) is 0. The van der Waals surface area contributed by atoms with Gasteiger partial charge in [0.1, 0.15) is 5.69 Å². The van der Waals surface area contributed by atoms with Crippen molar-refractivity contribution in [2.75, 3.05) is 11.9 Å². The van der Waals surface area contributed by atoms with Gasteiger partial charge in [-0.1, -0.05) is 12.6 Å². The van der Waals surface area contributed by atoms with Crippen molar-refractivity contribution < 1.29 is 0 Å². The molecule has 1 aromatic carbocycles. The normalized spacial score (nSPS) is 18.9. The van der Waals surface area contributed by atoms with Crippen LogP contribution in [0.15, 0.2) is 24.2 Å². The van der Waals surface area contributed by atoms with E-state index in [-0.39, 0.29) is 6.17 Å². The smallest absolute Gasteiger partial charge is 0.247 e. The van der Waals surface area contributed by atoms with E-state index in [2.05, 4.69) is 54.5 Å². The number of hydrogen-bond acceptors (Lipinski definition) is 2. The van der Waals surface area contributed by atoms with Crippen molar-refractivity contribution in [2.45, 2.75) is 33.9 Å². The molecule has 18 heavy (non-hydrogen) atoms. The lowest BCUT2D eigenvalue weighted by molar-refractivity contribution is 0.382. The van der Waals surface area contributed by atoms with E-state index in [0.29, 0.717) is 5.82 Å². The van der Waals surface area contributed by atoms with Crippen molar-refractivity contribution in [2.24, 2.45) is 0 Å². The molecule has 0 radical (unpaired) electrons. The van der Waals surface area contributed by atoms with E-state index in [1.807, 2.05) is 13.2 Å². The van der Waals surface area contributed by atoms with E-state index < -0.39 is 0 Å². The zero-order valence-corrected chi connectivity index (χ0v) is 11.7. The summed E-state index contributed by atoms with van der Waals surface area (Å²) in [5.41, 5.74) is 4.92. The Morgan fingerprint density at radius 3 is 2.33 bits per heavy atom. The zero-order valence-electron chi connectivity index (χ0n) is 11.7. The molecule has 0 fully saturated rings. The van der Waals surface area contributed by atoms with Gasteiger partial charge in [-0.15, -0.1) is 0 Å². The molecule has 3 heteroatoms. The molecule has 0 amide bonds. The molecule has 94 valence electrons. The Bertz CT molecular complexity index is 552. The second-order valence-corrected chi connectivity index (χ2v) is 4.99. The van der Waals surface area contributed by atoms with E-state index in [0.717, 1.165) is 5.69 Å². The summed E-state index contributed by atoms with van der Waals surface area (Å²) in [5, 5.41) is 0. The first kappa shape index (κ1) is 12.5. The molecular formula is C15H19N3. The van der Waals surface area contributed by atoms with Crippen LogP contribution in [-0.4, -0.2) is 18.1 Å². The number of nitrogens with zero attached hydrogens (tertiary/aromatic N) is 3. The second kappa shape index (κ2) is 4.38. The summed E-state index contributed by atoms with van der Waals surface area (Å²) in [6.07, 6.45) is 2.10. The van der Waals surface area contributed by atoms with E-state index in [1.54, 1.807) is 0 Å². The quantitative estimate of drug-likeness (QED) is 0.698. The van der Waals surface area contributed by atoms with Crippen molar-refractivity contribution in [1.82, 2.24) is 4.90 Å². The van der Waals surface area contributed by atoms with Gasteiger partial charge in [0.05, 0.1) is 0 Å². The summed E-state index contributed by atoms with van der Waals surface area (Å²) in [6, 6.07) is 4.37. The van der Waals surface area contributed by atoms with Gasteiger partial charge in [-0.05, 0) is 50.5 Å². The van der Waals surface area contributed by atoms with Crippen molar-refractivity contribution >= 4 is 5.69 Å². The fourth-order valence-corrected chi connectivity index (χ4v) is 2.34. The maximum atomic E-state index is 7.31. The van der Waals surface area contributed by atoms with Gasteiger partial charge in [0.2, 0.25) is 5.82 Å². The predicted molar refractivity (Wildman–Crippen MR) is 75.0 cm³/mol. The highest BCUT2D eigenvalue weighted by Gasteiger charge is 2.31. The first-order valence-corrected chi connectivity index (χ1v) is 6.14. The minimum atomic E-state index is 0.190. The van der Waals surface area contributed by atoms with Gasteiger partial charge in [0.15, 0.2) is 6.17 Å². The third-order valence-electron chi connectivity index (χ3n) is 3.72. The average Bonchev–Trinajstić information content (AvgIpc) is 2.60. The third kappa shape index (κ3) is 1.84. The number of benzene rings is 1. The molecule has 1 aliphatic rings. The molecule has 0 saturated carbocycles. The van der Waals surface area contributed by atoms with Gasteiger partial charge in [0.25, 0.3) is 0 Å². The molecule has 0 N–H and O–H groups in total. The van der Waals surface area contributed by atoms with Gasteiger partial charge < -0.3 is 9.74 Å². The van der Waals surface area contributed by atoms with Gasteiger partial charge in [-0.2, -0.15) is 0 Å². The molecular weight excluding hydrogens is 222 g/mol. The summed E-state index contributed by atoms with van der Waals surface area (Å²) >= 11 is 0. The third-order valence-corrected chi connectivity index (χ3v) is 3.72. The first-order chi connectivity index (χ1) is 8.45. The van der Waals surface area contributed by atoms with Crippen LogP contribution in [0, 0.1) is 27.3 Å². The molecule has 0 aromatic heterocycles. The maximum Gasteiger partial charge on any atom is 0.247 e. The molecule has 1 heterocycles. The Kier molecular flexibility index (Phi) is 3.04. The van der Waals surface area contributed by atoms with E-state index in [1.165, 1.54) is 16.7 Å². The number of anilines is 1. The van der Waals surface area contributed by atoms with E-state index >= 15 is 0 Å². The molecule has 0 aliphatic carbocycles. The summed E-state index contributed by atoms with van der Waals surface area (Å²) < 4.78 is 0. The van der Waals surface area contributed by atoms with Gasteiger partial charge >= 0.3 is 0 Å². The molecule has 0 bridgehead atoms. The van der Waals surface area contributed by atoms with Gasteiger partial charge in [0, 0.05) is 13.2 Å². The monoisotopic (exact) mass is 241 g/mol. The minimum Gasteiger partial charge on any atom is -0.363 e. The van der Waals surface area contributed by atoms with Crippen LogP contribution in [0.1, 0.15) is 23.6 Å². The second-order valence-electron chi connectivity index (χ2n) is 4.99. The standard InChI is InChI=1S/C15H19N3/c1-10-7-12(3)14(8-11(10)2)18-13(4)17(6)9-15(18)16-5/h7-9,13H,1-4,6H3/t13-/m0/s1. The molecule has 1 atom stereocenters. The van der Waals surface area contributed by atoms with Gasteiger partial charge in [-0.25, -0.2) is 0 Å². The Morgan fingerprint density at radius 2 is 1.72 bits per heavy atom. The largest absolute Gasteiger partial charge is 0.363 e. The molecule has 0 saturated heterocycles. The van der Waals surface area contributed by atoms with Crippen LogP contribution < -0.4 is 4.90 Å². The molecule has 0 spiro atoms. The van der Waals surface area contributed by atoms with Crippen molar-refractivity contribution in [3.8, 4) is 0 Å². The lowest BCUT2D eigenvalue weighted by Crippen LogP contribution is -2.35. The van der Waals surface area contributed by atoms with Crippen LogP contribution in [0.2, 0.25) is 0 Å². The first-order valence-electron chi connectivity index (χ1n) is 6.14. The number of rotatable bonds is 1. The Labute approximate surface area is 109 Å². The Balaban J connectivity index is 2.53. The fourth-order valence-electron chi connectivity index (χ4n) is 2.34. The van der Waals surface area contributed by atoms with Crippen molar-refractivity contribution in [3.63, 3.8) is 0 Å². The van der Waals surface area contributed by atoms with Crippen LogP contribution in [0.4, 0.5) is 5.69 Å². The van der Waals surface area contributed by atoms with Crippen molar-refractivity contribution in [3.05, 3.63) is 52.3 Å². The van der Waals surface area contributed by atoms with Crippen LogP contribution in [0.25, 0.3) is 4.85 Å². The van der Waals surface area contributed by atoms with Crippen LogP contribution in [-0.2, 0) is 0 Å². The zero-order chi connectivity index (χ0) is 13.4. The Hall–Kier alpha value is -1.95. The summed E-state index contributed by atoms with van der Waals surface area (Å²) in [5.74, 6) is 0.691. The average molecular weight is 241 g/mol. The lowest BCUT2D eigenvalue weighted by Gasteiger charge is -2.26. The SMILES string of the molecule is [C-]#[N+]C1=CN(C)[C@H](C)N1c1cc(C)c(C)cc1C. The molecule has 1 aromatic rings. The van der Waals surface area contributed by atoms with E-state index in [4.69, 9.17) is 6.57 Å². The minimum absolute atomic E-state index is 0.190. The molecule has 0 unspecified atom stereocenters. The highest BCUT2D eigenvalue weighted by Crippen LogP contribution is 2.33. The molecule has 2 rings (SSSR count). The fraction of sp³-hybridized carbons (Fsp3) is 0.400. The lowest BCUT2D eigenvalue weighted by atomic mass is 10.0. The van der Waals surface area contributed by atoms with Crippen molar-refractivity contribution in [1.29, 1.82) is 0 Å². The topological polar surface area (TPSA) is 10.8 Å². The predicted octanol–water partition coefficient (Wildman–Crippen LogP) is 3.43. The van der Waals surface area contributed by atoms with E-state index in [9.17, 15) is 0 Å². The maximum absolute atomic E-state index is 7.31. The number of aryl methyl sites for hydroxylation is 3. The summed E-state index contributed by atoms with van der Waals surface area (Å²) in [6.45, 7) is 15.8. The van der Waals surface area contributed by atoms with Crippen LogP contribution in [0.5, 0.6) is 0 Å². The van der Waals surface area contributed by atoms with Crippen LogP contribution in [0.3, 0.4) is 0 Å². The summed E-state index contributed by atoms with van der Waals surface area (Å²) in [7, 11) is 2.01. The highest BCUT2D eigenvalue weighted by molar-refractivity contribution is 5.63. The molecule has 1 aliphatic heterocycles. The summed E-state index contributed by atoms with van der Waals surface area (Å²) in [4.78, 5) is 7.81.